The van der Waals surface area contributed by atoms with E-state index >= 15 is 0 Å². The third-order valence-electron chi connectivity index (χ3n) is 3.53. The van der Waals surface area contributed by atoms with Gasteiger partial charge in [-0.05, 0) is 31.9 Å². The predicted octanol–water partition coefficient (Wildman–Crippen LogP) is 1.62. The van der Waals surface area contributed by atoms with Crippen LogP contribution in [0.2, 0.25) is 0 Å². The van der Waals surface area contributed by atoms with Crippen LogP contribution in [0.5, 0.6) is 0 Å². The number of aliphatic hydroxyl groups excluding tert-OH is 1. The van der Waals surface area contributed by atoms with Gasteiger partial charge in [0.2, 0.25) is 0 Å². The smallest absolute Gasteiger partial charge is 0.255 e. The Hall–Kier alpha value is -1.88. The Morgan fingerprint density at radius 3 is 3.00 bits per heavy atom. The van der Waals surface area contributed by atoms with Crippen LogP contribution in [0.4, 0.5) is 0 Å². The number of hydrogen-bond acceptors (Lipinski definition) is 3. The minimum Gasteiger partial charge on any atom is -0.396 e. The van der Waals surface area contributed by atoms with Crippen LogP contribution in [-0.2, 0) is 0 Å². The highest BCUT2D eigenvalue weighted by Crippen LogP contribution is 2.16. The van der Waals surface area contributed by atoms with Gasteiger partial charge in [-0.25, -0.2) is 4.52 Å². The molecule has 102 valence electrons. The van der Waals surface area contributed by atoms with Crippen molar-refractivity contribution < 1.29 is 9.90 Å². The maximum Gasteiger partial charge on any atom is 0.255 e. The Morgan fingerprint density at radius 1 is 1.53 bits per heavy atom. The molecule has 5 heteroatoms. The molecule has 0 aliphatic rings. The highest BCUT2D eigenvalue weighted by molar-refractivity contribution is 6.00. The van der Waals surface area contributed by atoms with Crippen LogP contribution in [0.25, 0.3) is 5.52 Å². The number of pyridine rings is 1. The summed E-state index contributed by atoms with van der Waals surface area (Å²) in [5.41, 5.74) is 0.940. The van der Waals surface area contributed by atoms with E-state index in [1.807, 2.05) is 32.0 Å². The van der Waals surface area contributed by atoms with Crippen LogP contribution >= 0.6 is 0 Å². The van der Waals surface area contributed by atoms with E-state index in [2.05, 4.69) is 10.4 Å². The van der Waals surface area contributed by atoms with E-state index in [-0.39, 0.29) is 12.5 Å². The lowest BCUT2D eigenvalue weighted by atomic mass is 9.94. The number of rotatable bonds is 5. The van der Waals surface area contributed by atoms with Crippen LogP contribution in [0, 0.1) is 0 Å². The number of aliphatic hydroxyl groups is 1. The zero-order chi connectivity index (χ0) is 13.9. The Labute approximate surface area is 112 Å². The summed E-state index contributed by atoms with van der Waals surface area (Å²) in [6.45, 7) is 3.98. The standard InChI is InChI=1S/C14H19N3O2/c1-3-14(2,7-9-18)16-13(19)11-10-15-17-8-5-4-6-12(11)17/h4-6,8,10,18H,3,7,9H2,1-2H3,(H,16,19). The molecule has 0 radical (unpaired) electrons. The minimum absolute atomic E-state index is 0.0549. The van der Waals surface area contributed by atoms with Crippen molar-refractivity contribution in [1.82, 2.24) is 14.9 Å². The quantitative estimate of drug-likeness (QED) is 0.859. The van der Waals surface area contributed by atoms with E-state index in [4.69, 9.17) is 5.11 Å². The largest absolute Gasteiger partial charge is 0.396 e. The van der Waals surface area contributed by atoms with Crippen molar-refractivity contribution in [1.29, 1.82) is 0 Å². The van der Waals surface area contributed by atoms with Gasteiger partial charge in [0, 0.05) is 18.3 Å². The first-order valence-corrected chi connectivity index (χ1v) is 6.45. The van der Waals surface area contributed by atoms with Gasteiger partial charge in [0.15, 0.2) is 0 Å². The highest BCUT2D eigenvalue weighted by Gasteiger charge is 2.25. The average Bonchev–Trinajstić information content (AvgIpc) is 2.83. The van der Waals surface area contributed by atoms with E-state index in [0.717, 1.165) is 11.9 Å². The first-order valence-electron chi connectivity index (χ1n) is 6.45. The molecule has 19 heavy (non-hydrogen) atoms. The molecule has 5 nitrogen and oxygen atoms in total. The summed E-state index contributed by atoms with van der Waals surface area (Å²) < 4.78 is 1.67. The number of carbonyl (C=O) groups excluding carboxylic acids is 1. The minimum atomic E-state index is -0.394. The van der Waals surface area contributed by atoms with Crippen LogP contribution < -0.4 is 5.32 Å². The van der Waals surface area contributed by atoms with Crippen molar-refractivity contribution in [2.24, 2.45) is 0 Å². The summed E-state index contributed by atoms with van der Waals surface area (Å²) in [7, 11) is 0. The molecule has 2 N–H and O–H groups in total. The maximum absolute atomic E-state index is 12.3. The van der Waals surface area contributed by atoms with Crippen molar-refractivity contribution in [2.45, 2.75) is 32.2 Å². The number of amides is 1. The summed E-state index contributed by atoms with van der Waals surface area (Å²) >= 11 is 0. The molecule has 1 unspecified atom stereocenters. The monoisotopic (exact) mass is 261 g/mol. The van der Waals surface area contributed by atoms with Crippen LogP contribution in [0.3, 0.4) is 0 Å². The van der Waals surface area contributed by atoms with Gasteiger partial charge in [0.25, 0.3) is 5.91 Å². The lowest BCUT2D eigenvalue weighted by Crippen LogP contribution is -2.46. The number of nitrogens with zero attached hydrogens (tertiary/aromatic N) is 2. The fourth-order valence-electron chi connectivity index (χ4n) is 2.03. The molecule has 0 spiro atoms. The van der Waals surface area contributed by atoms with Crippen molar-refractivity contribution in [2.75, 3.05) is 6.61 Å². The lowest BCUT2D eigenvalue weighted by Gasteiger charge is -2.28. The molecule has 0 saturated heterocycles. The molecule has 1 amide bonds. The fraction of sp³-hybridized carbons (Fsp3) is 0.429. The number of nitrogens with one attached hydrogen (secondary N) is 1. The number of carbonyl (C=O) groups is 1. The molecule has 0 bridgehead atoms. The van der Waals surface area contributed by atoms with Gasteiger partial charge in [-0.1, -0.05) is 13.0 Å². The first kappa shape index (κ1) is 13.5. The second kappa shape index (κ2) is 5.40. The molecule has 0 aliphatic carbocycles. The molecule has 0 aromatic carbocycles. The van der Waals surface area contributed by atoms with E-state index in [1.165, 1.54) is 0 Å². The summed E-state index contributed by atoms with van der Waals surface area (Å²) in [6, 6.07) is 5.60. The Morgan fingerprint density at radius 2 is 2.32 bits per heavy atom. The lowest BCUT2D eigenvalue weighted by molar-refractivity contribution is 0.0888. The third kappa shape index (κ3) is 2.76. The molecule has 0 aliphatic heterocycles. The van der Waals surface area contributed by atoms with E-state index < -0.39 is 5.54 Å². The van der Waals surface area contributed by atoms with Gasteiger partial charge in [0.05, 0.1) is 17.3 Å². The molecule has 2 aromatic heterocycles. The molecule has 1 atom stereocenters. The summed E-state index contributed by atoms with van der Waals surface area (Å²) in [4.78, 5) is 12.3. The maximum atomic E-state index is 12.3. The summed E-state index contributed by atoms with van der Waals surface area (Å²) in [5.74, 6) is -0.154. The highest BCUT2D eigenvalue weighted by atomic mass is 16.3. The second-order valence-electron chi connectivity index (χ2n) is 4.93. The van der Waals surface area contributed by atoms with Gasteiger partial charge in [-0.2, -0.15) is 5.10 Å². The molecule has 0 saturated carbocycles. The fourth-order valence-corrected chi connectivity index (χ4v) is 2.03. The van der Waals surface area contributed by atoms with Crippen molar-refractivity contribution in [3.05, 3.63) is 36.2 Å². The second-order valence-corrected chi connectivity index (χ2v) is 4.93. The van der Waals surface area contributed by atoms with Gasteiger partial charge < -0.3 is 10.4 Å². The van der Waals surface area contributed by atoms with Gasteiger partial charge in [-0.3, -0.25) is 4.79 Å². The molecule has 2 rings (SSSR count). The Balaban J connectivity index is 2.24. The molecule has 2 aromatic rings. The van der Waals surface area contributed by atoms with Gasteiger partial charge >= 0.3 is 0 Å². The zero-order valence-corrected chi connectivity index (χ0v) is 11.3. The van der Waals surface area contributed by atoms with Crippen LogP contribution in [0.1, 0.15) is 37.0 Å². The summed E-state index contributed by atoms with van der Waals surface area (Å²) in [6.07, 6.45) is 4.67. The Bertz CT molecular complexity index is 579. The molecule has 0 fully saturated rings. The normalized spacial score (nSPS) is 14.3. The van der Waals surface area contributed by atoms with E-state index in [0.29, 0.717) is 12.0 Å². The number of fused-ring (bicyclic) bond motifs is 1. The predicted molar refractivity (Wildman–Crippen MR) is 73.1 cm³/mol. The number of aromatic nitrogens is 2. The molecular weight excluding hydrogens is 242 g/mol. The number of hydrogen-bond donors (Lipinski definition) is 2. The summed E-state index contributed by atoms with van der Waals surface area (Å²) in [5, 5.41) is 16.2. The zero-order valence-electron chi connectivity index (χ0n) is 11.3. The third-order valence-corrected chi connectivity index (χ3v) is 3.53. The molecular formula is C14H19N3O2. The van der Waals surface area contributed by atoms with Crippen LogP contribution in [0.15, 0.2) is 30.6 Å². The van der Waals surface area contributed by atoms with Crippen molar-refractivity contribution in [3.8, 4) is 0 Å². The Kier molecular flexibility index (Phi) is 3.85. The van der Waals surface area contributed by atoms with E-state index in [1.54, 1.807) is 16.9 Å². The van der Waals surface area contributed by atoms with Crippen molar-refractivity contribution >= 4 is 11.4 Å². The molecule has 2 heterocycles. The van der Waals surface area contributed by atoms with E-state index in [9.17, 15) is 4.79 Å². The SMILES string of the molecule is CCC(C)(CCO)NC(=O)c1cnn2ccccc12. The average molecular weight is 261 g/mol. The van der Waals surface area contributed by atoms with Gasteiger partial charge in [-0.15, -0.1) is 0 Å². The van der Waals surface area contributed by atoms with Gasteiger partial charge in [0.1, 0.15) is 0 Å². The van der Waals surface area contributed by atoms with Crippen LogP contribution in [-0.4, -0.2) is 32.8 Å². The topological polar surface area (TPSA) is 66.6 Å². The van der Waals surface area contributed by atoms with Crippen molar-refractivity contribution in [3.63, 3.8) is 0 Å². The first-order chi connectivity index (χ1) is 9.09.